The number of ether oxygens (including phenoxy) is 1. The third-order valence-corrected chi connectivity index (χ3v) is 3.56. The van der Waals surface area contributed by atoms with E-state index in [-0.39, 0.29) is 5.75 Å². The van der Waals surface area contributed by atoms with Gasteiger partial charge in [0.05, 0.1) is 12.9 Å². The van der Waals surface area contributed by atoms with Gasteiger partial charge >= 0.3 is 0 Å². The first-order valence-corrected chi connectivity index (χ1v) is 8.58. The number of hydrogen-bond acceptors (Lipinski definition) is 7. The van der Waals surface area contributed by atoms with Crippen molar-refractivity contribution in [3.63, 3.8) is 0 Å². The average Bonchev–Trinajstić information content (AvgIpc) is 2.40. The van der Waals surface area contributed by atoms with Crippen LogP contribution in [-0.2, 0) is 9.84 Å². The van der Waals surface area contributed by atoms with Gasteiger partial charge in [-0.25, -0.2) is 18.4 Å². The van der Waals surface area contributed by atoms with Crippen LogP contribution in [0.1, 0.15) is 19.8 Å². The number of nitrogens with one attached hydrogen (secondary N) is 2. The molecule has 8 heteroatoms. The van der Waals surface area contributed by atoms with Gasteiger partial charge in [0.2, 0.25) is 5.75 Å². The summed E-state index contributed by atoms with van der Waals surface area (Å²) in [5.41, 5.74) is 0. The quantitative estimate of drug-likeness (QED) is 0.661. The van der Waals surface area contributed by atoms with Crippen molar-refractivity contribution < 1.29 is 13.2 Å². The third-order valence-electron chi connectivity index (χ3n) is 2.53. The van der Waals surface area contributed by atoms with Gasteiger partial charge in [-0.1, -0.05) is 6.92 Å². The lowest BCUT2D eigenvalue weighted by Crippen LogP contribution is -2.12. The van der Waals surface area contributed by atoms with E-state index < -0.39 is 9.84 Å². The first-order valence-electron chi connectivity index (χ1n) is 6.52. The van der Waals surface area contributed by atoms with Crippen LogP contribution in [0.25, 0.3) is 0 Å². The van der Waals surface area contributed by atoms with E-state index in [1.807, 2.05) is 0 Å². The van der Waals surface area contributed by atoms with Crippen LogP contribution in [-0.4, -0.2) is 50.6 Å². The summed E-state index contributed by atoms with van der Waals surface area (Å²) in [6.45, 7) is 3.36. The highest BCUT2D eigenvalue weighted by Crippen LogP contribution is 2.28. The number of nitrogens with zero attached hydrogens (tertiary/aromatic N) is 2. The lowest BCUT2D eigenvalue weighted by Gasteiger charge is -2.13. The number of sulfone groups is 1. The van der Waals surface area contributed by atoms with Crippen LogP contribution in [0.4, 0.5) is 11.6 Å². The second-order valence-corrected chi connectivity index (χ2v) is 6.70. The van der Waals surface area contributed by atoms with Crippen LogP contribution in [0.5, 0.6) is 5.75 Å². The van der Waals surface area contributed by atoms with Crippen molar-refractivity contribution in [1.29, 1.82) is 0 Å². The molecule has 0 unspecified atom stereocenters. The molecule has 7 nitrogen and oxygen atoms in total. The third kappa shape index (κ3) is 5.60. The molecule has 0 saturated heterocycles. The molecule has 1 rings (SSSR count). The molecule has 0 saturated carbocycles. The molecule has 0 spiro atoms. The Morgan fingerprint density at radius 1 is 1.20 bits per heavy atom. The topological polar surface area (TPSA) is 93.2 Å². The summed E-state index contributed by atoms with van der Waals surface area (Å²) < 4.78 is 27.4. The molecular formula is C12H22N4O3S. The molecule has 1 aromatic heterocycles. The SMILES string of the molecule is CCCNc1ncnc(NCCCS(C)(=O)=O)c1OC. The van der Waals surface area contributed by atoms with Gasteiger partial charge in [0.1, 0.15) is 16.2 Å². The van der Waals surface area contributed by atoms with Gasteiger partial charge < -0.3 is 15.4 Å². The highest BCUT2D eigenvalue weighted by Gasteiger charge is 2.11. The van der Waals surface area contributed by atoms with E-state index in [9.17, 15) is 8.42 Å². The minimum atomic E-state index is -2.93. The molecule has 0 fully saturated rings. The van der Waals surface area contributed by atoms with Crippen LogP contribution in [0.2, 0.25) is 0 Å². The summed E-state index contributed by atoms with van der Waals surface area (Å²) in [6.07, 6.45) is 4.17. The second-order valence-electron chi connectivity index (χ2n) is 4.44. The molecule has 1 heterocycles. The minimum absolute atomic E-state index is 0.147. The fourth-order valence-corrected chi connectivity index (χ4v) is 2.27. The normalized spacial score (nSPS) is 11.2. The molecule has 0 aliphatic rings. The fourth-order valence-electron chi connectivity index (χ4n) is 1.60. The highest BCUT2D eigenvalue weighted by molar-refractivity contribution is 7.90. The lowest BCUT2D eigenvalue weighted by molar-refractivity contribution is 0.414. The van der Waals surface area contributed by atoms with Gasteiger partial charge in [0.25, 0.3) is 0 Å². The zero-order chi connectivity index (χ0) is 15.0. The number of anilines is 2. The predicted molar refractivity (Wildman–Crippen MR) is 80.2 cm³/mol. The van der Waals surface area contributed by atoms with E-state index in [2.05, 4.69) is 27.5 Å². The minimum Gasteiger partial charge on any atom is -0.490 e. The second kappa shape index (κ2) is 7.88. The Labute approximate surface area is 120 Å². The predicted octanol–water partition coefficient (Wildman–Crippen LogP) is 1.15. The van der Waals surface area contributed by atoms with Gasteiger partial charge in [0, 0.05) is 19.3 Å². The largest absolute Gasteiger partial charge is 0.490 e. The Morgan fingerprint density at radius 2 is 1.80 bits per heavy atom. The van der Waals surface area contributed by atoms with E-state index in [0.717, 1.165) is 13.0 Å². The Kier molecular flexibility index (Phi) is 6.50. The summed E-state index contributed by atoms with van der Waals surface area (Å²) in [7, 11) is -1.38. The molecule has 0 aliphatic heterocycles. The molecule has 0 aromatic carbocycles. The van der Waals surface area contributed by atoms with Crippen LogP contribution in [0, 0.1) is 0 Å². The van der Waals surface area contributed by atoms with Crippen molar-refractivity contribution in [3.05, 3.63) is 6.33 Å². The van der Waals surface area contributed by atoms with Crippen molar-refractivity contribution in [3.8, 4) is 5.75 Å². The summed E-state index contributed by atoms with van der Waals surface area (Å²) in [4.78, 5) is 8.25. The Bertz CT molecular complexity index is 519. The Hall–Kier alpha value is -1.57. The standard InChI is InChI=1S/C12H22N4O3S/c1-4-6-13-11-10(19-2)12(16-9-15-11)14-7-5-8-20(3,17)18/h9H,4-8H2,1-3H3,(H2,13,14,15,16). The van der Waals surface area contributed by atoms with Gasteiger partial charge in [-0.3, -0.25) is 0 Å². The summed E-state index contributed by atoms with van der Waals surface area (Å²) in [5, 5.41) is 6.23. The highest BCUT2D eigenvalue weighted by atomic mass is 32.2. The average molecular weight is 302 g/mol. The smallest absolute Gasteiger partial charge is 0.204 e. The van der Waals surface area contributed by atoms with E-state index in [1.165, 1.54) is 12.6 Å². The first kappa shape index (κ1) is 16.5. The van der Waals surface area contributed by atoms with Crippen molar-refractivity contribution >= 4 is 21.5 Å². The molecule has 0 radical (unpaired) electrons. The van der Waals surface area contributed by atoms with Crippen molar-refractivity contribution in [2.24, 2.45) is 0 Å². The Balaban J connectivity index is 2.64. The first-order chi connectivity index (χ1) is 9.48. The summed E-state index contributed by atoms with van der Waals surface area (Å²) in [5.74, 6) is 1.89. The summed E-state index contributed by atoms with van der Waals surface area (Å²) >= 11 is 0. The number of rotatable bonds is 9. The maximum atomic E-state index is 11.0. The molecule has 20 heavy (non-hydrogen) atoms. The van der Waals surface area contributed by atoms with Crippen molar-refractivity contribution in [2.45, 2.75) is 19.8 Å². The molecule has 0 aliphatic carbocycles. The van der Waals surface area contributed by atoms with Crippen molar-refractivity contribution in [1.82, 2.24) is 9.97 Å². The number of aromatic nitrogens is 2. The van der Waals surface area contributed by atoms with Gasteiger partial charge in [-0.15, -0.1) is 0 Å². The van der Waals surface area contributed by atoms with Gasteiger partial charge in [-0.05, 0) is 12.8 Å². The van der Waals surface area contributed by atoms with Crippen LogP contribution in [0.15, 0.2) is 6.33 Å². The molecule has 0 atom stereocenters. The number of hydrogen-bond donors (Lipinski definition) is 2. The molecule has 1 aromatic rings. The molecule has 0 amide bonds. The van der Waals surface area contributed by atoms with Crippen molar-refractivity contribution in [2.75, 3.05) is 42.8 Å². The van der Waals surface area contributed by atoms with Crippen LogP contribution >= 0.6 is 0 Å². The molecule has 114 valence electrons. The van der Waals surface area contributed by atoms with Crippen LogP contribution in [0.3, 0.4) is 0 Å². The lowest BCUT2D eigenvalue weighted by atomic mass is 10.4. The Morgan fingerprint density at radius 3 is 2.30 bits per heavy atom. The molecule has 2 N–H and O–H groups in total. The zero-order valence-electron chi connectivity index (χ0n) is 12.1. The van der Waals surface area contributed by atoms with E-state index in [4.69, 9.17) is 4.74 Å². The monoisotopic (exact) mass is 302 g/mol. The maximum absolute atomic E-state index is 11.0. The number of methoxy groups -OCH3 is 1. The van der Waals surface area contributed by atoms with E-state index in [0.29, 0.717) is 30.4 Å². The van der Waals surface area contributed by atoms with Gasteiger partial charge in [0.15, 0.2) is 11.6 Å². The van der Waals surface area contributed by atoms with Crippen LogP contribution < -0.4 is 15.4 Å². The van der Waals surface area contributed by atoms with E-state index in [1.54, 1.807) is 7.11 Å². The fraction of sp³-hybridized carbons (Fsp3) is 0.667. The summed E-state index contributed by atoms with van der Waals surface area (Å²) in [6, 6.07) is 0. The van der Waals surface area contributed by atoms with E-state index >= 15 is 0 Å². The van der Waals surface area contributed by atoms with Gasteiger partial charge in [-0.2, -0.15) is 0 Å². The maximum Gasteiger partial charge on any atom is 0.204 e. The molecular weight excluding hydrogens is 280 g/mol. The molecule has 0 bridgehead atoms. The zero-order valence-corrected chi connectivity index (χ0v) is 13.0.